The fraction of sp³-hybridized carbons (Fsp3) is 0.261. The van der Waals surface area contributed by atoms with Gasteiger partial charge in [0.15, 0.2) is 0 Å². The summed E-state index contributed by atoms with van der Waals surface area (Å²) in [6, 6.07) is 12.2. The molecule has 0 spiro atoms. The van der Waals surface area contributed by atoms with E-state index in [1.54, 1.807) is 12.3 Å². The van der Waals surface area contributed by atoms with E-state index in [4.69, 9.17) is 0 Å². The van der Waals surface area contributed by atoms with Crippen molar-refractivity contribution in [3.05, 3.63) is 66.5 Å². The Labute approximate surface area is 183 Å². The van der Waals surface area contributed by atoms with E-state index in [1.165, 1.54) is 18.3 Å². The molecule has 0 aliphatic carbocycles. The minimum atomic E-state index is -4.77. The lowest BCUT2D eigenvalue weighted by Crippen LogP contribution is -2.22. The highest BCUT2D eigenvalue weighted by Gasteiger charge is 2.31. The summed E-state index contributed by atoms with van der Waals surface area (Å²) in [5, 5.41) is 2.67. The number of nitrogens with one attached hydrogen (secondary N) is 1. The van der Waals surface area contributed by atoms with Gasteiger partial charge >= 0.3 is 6.36 Å². The number of benzene rings is 1. The molecule has 1 aliphatic rings. The molecule has 1 saturated heterocycles. The van der Waals surface area contributed by atoms with Crippen LogP contribution in [-0.4, -0.2) is 35.3 Å². The topological polar surface area (TPSA) is 67.4 Å². The lowest BCUT2D eigenvalue weighted by molar-refractivity contribution is -0.274. The number of pyridine rings is 2. The molecule has 4 rings (SSSR count). The van der Waals surface area contributed by atoms with Gasteiger partial charge in [-0.1, -0.05) is 13.0 Å². The molecule has 1 amide bonds. The maximum atomic E-state index is 12.8. The second kappa shape index (κ2) is 8.86. The molecule has 1 aliphatic heterocycles. The molecular formula is C23H21F3N4O2. The first-order valence-corrected chi connectivity index (χ1v) is 10.1. The Morgan fingerprint density at radius 3 is 2.56 bits per heavy atom. The molecule has 0 unspecified atom stereocenters. The Hall–Kier alpha value is -3.62. The van der Waals surface area contributed by atoms with E-state index in [2.05, 4.69) is 31.8 Å². The fourth-order valence-electron chi connectivity index (χ4n) is 3.61. The normalized spacial score (nSPS) is 16.1. The van der Waals surface area contributed by atoms with Gasteiger partial charge in [0.25, 0.3) is 5.91 Å². The van der Waals surface area contributed by atoms with Crippen molar-refractivity contribution in [3.63, 3.8) is 0 Å². The summed E-state index contributed by atoms with van der Waals surface area (Å²) in [5.74, 6) is 0.540. The minimum Gasteiger partial charge on any atom is -0.406 e. The van der Waals surface area contributed by atoms with Gasteiger partial charge in [0, 0.05) is 36.7 Å². The zero-order valence-corrected chi connectivity index (χ0v) is 17.3. The first kappa shape index (κ1) is 21.6. The number of hydrogen-bond donors (Lipinski definition) is 1. The number of anilines is 2. The SMILES string of the molecule is C[C@@H]1CCN(c2ncc(C(=O)Nc3ccc(OC(F)(F)F)cc3)cc2-c2ccccn2)C1. The van der Waals surface area contributed by atoms with E-state index in [9.17, 15) is 18.0 Å². The summed E-state index contributed by atoms with van der Waals surface area (Å²) in [5.41, 5.74) is 2.11. The Bertz CT molecular complexity index is 1090. The van der Waals surface area contributed by atoms with Crippen LogP contribution in [0.1, 0.15) is 23.7 Å². The summed E-state index contributed by atoms with van der Waals surface area (Å²) in [7, 11) is 0. The summed E-state index contributed by atoms with van der Waals surface area (Å²) in [4.78, 5) is 24.0. The number of amides is 1. The molecule has 1 fully saturated rings. The molecule has 166 valence electrons. The number of halogens is 3. The number of hydrogen-bond acceptors (Lipinski definition) is 5. The molecule has 0 bridgehead atoms. The van der Waals surface area contributed by atoms with Crippen LogP contribution in [0.5, 0.6) is 5.75 Å². The molecule has 1 N–H and O–H groups in total. The summed E-state index contributed by atoms with van der Waals surface area (Å²) in [6.45, 7) is 3.95. The number of carbonyl (C=O) groups excluding carboxylic acids is 1. The number of rotatable bonds is 5. The molecule has 0 saturated carbocycles. The molecule has 3 aromatic rings. The third-order valence-electron chi connectivity index (χ3n) is 5.14. The highest BCUT2D eigenvalue weighted by molar-refractivity contribution is 6.05. The van der Waals surface area contributed by atoms with Gasteiger partial charge in [0.1, 0.15) is 11.6 Å². The molecule has 3 heterocycles. The quantitative estimate of drug-likeness (QED) is 0.593. The summed E-state index contributed by atoms with van der Waals surface area (Å²) < 4.78 is 40.8. The highest BCUT2D eigenvalue weighted by Crippen LogP contribution is 2.32. The molecular weight excluding hydrogens is 421 g/mol. The zero-order valence-electron chi connectivity index (χ0n) is 17.3. The summed E-state index contributed by atoms with van der Waals surface area (Å²) >= 11 is 0. The minimum absolute atomic E-state index is 0.317. The van der Waals surface area contributed by atoms with Crippen LogP contribution < -0.4 is 15.0 Å². The maximum Gasteiger partial charge on any atom is 0.573 e. The highest BCUT2D eigenvalue weighted by atomic mass is 19.4. The monoisotopic (exact) mass is 442 g/mol. The molecule has 1 aromatic carbocycles. The van der Waals surface area contributed by atoms with Crippen molar-refractivity contribution in [3.8, 4) is 17.0 Å². The molecule has 6 nitrogen and oxygen atoms in total. The standard InChI is InChI=1S/C23H21F3N4O2/c1-15-9-11-30(14-15)21-19(20-4-2-3-10-27-20)12-16(13-28-21)22(31)29-17-5-7-18(8-6-17)32-23(24,25)26/h2-8,10,12-13,15H,9,11,14H2,1H3,(H,29,31)/t15-/m1/s1. The molecule has 2 aromatic heterocycles. The van der Waals surface area contributed by atoms with Crippen molar-refractivity contribution in [2.75, 3.05) is 23.3 Å². The van der Waals surface area contributed by atoms with Crippen molar-refractivity contribution >= 4 is 17.4 Å². The van der Waals surface area contributed by atoms with E-state index in [0.29, 0.717) is 22.9 Å². The number of aromatic nitrogens is 2. The van der Waals surface area contributed by atoms with Crippen LogP contribution >= 0.6 is 0 Å². The number of carbonyl (C=O) groups is 1. The van der Waals surface area contributed by atoms with Crippen molar-refractivity contribution in [2.24, 2.45) is 5.92 Å². The van der Waals surface area contributed by atoms with Gasteiger partial charge in [-0.05, 0) is 54.8 Å². The Morgan fingerprint density at radius 2 is 1.94 bits per heavy atom. The van der Waals surface area contributed by atoms with Crippen molar-refractivity contribution in [2.45, 2.75) is 19.7 Å². The van der Waals surface area contributed by atoms with Crippen LogP contribution in [0.2, 0.25) is 0 Å². The first-order chi connectivity index (χ1) is 15.3. The number of alkyl halides is 3. The van der Waals surface area contributed by atoms with Gasteiger partial charge in [0.05, 0.1) is 11.3 Å². The van der Waals surface area contributed by atoms with Crippen LogP contribution in [0.25, 0.3) is 11.3 Å². The molecule has 32 heavy (non-hydrogen) atoms. The van der Waals surface area contributed by atoms with E-state index >= 15 is 0 Å². The van der Waals surface area contributed by atoms with Crippen LogP contribution in [0.4, 0.5) is 24.7 Å². The van der Waals surface area contributed by atoms with Crippen LogP contribution in [-0.2, 0) is 0 Å². The molecule has 1 atom stereocenters. The second-order valence-corrected chi connectivity index (χ2v) is 7.68. The van der Waals surface area contributed by atoms with Gasteiger partial charge < -0.3 is 15.0 Å². The van der Waals surface area contributed by atoms with Crippen molar-refractivity contribution in [1.82, 2.24) is 9.97 Å². The fourth-order valence-corrected chi connectivity index (χ4v) is 3.61. The van der Waals surface area contributed by atoms with Crippen molar-refractivity contribution < 1.29 is 22.7 Å². The Morgan fingerprint density at radius 1 is 1.16 bits per heavy atom. The lowest BCUT2D eigenvalue weighted by atomic mass is 10.1. The average molecular weight is 442 g/mol. The Kier molecular flexibility index (Phi) is 5.98. The third-order valence-corrected chi connectivity index (χ3v) is 5.14. The second-order valence-electron chi connectivity index (χ2n) is 7.68. The predicted molar refractivity (Wildman–Crippen MR) is 115 cm³/mol. The lowest BCUT2D eigenvalue weighted by Gasteiger charge is -2.21. The van der Waals surface area contributed by atoms with Crippen LogP contribution in [0.15, 0.2) is 60.9 Å². The van der Waals surface area contributed by atoms with Gasteiger partial charge in [-0.2, -0.15) is 0 Å². The van der Waals surface area contributed by atoms with Crippen LogP contribution in [0.3, 0.4) is 0 Å². The smallest absolute Gasteiger partial charge is 0.406 e. The first-order valence-electron chi connectivity index (χ1n) is 10.1. The summed E-state index contributed by atoms with van der Waals surface area (Å²) in [6.07, 6.45) is -0.517. The predicted octanol–water partition coefficient (Wildman–Crippen LogP) is 5.14. The van der Waals surface area contributed by atoms with Gasteiger partial charge in [0.2, 0.25) is 0 Å². The largest absolute Gasteiger partial charge is 0.573 e. The van der Waals surface area contributed by atoms with Gasteiger partial charge in [-0.25, -0.2) is 4.98 Å². The molecule has 9 heteroatoms. The number of nitrogens with zero attached hydrogens (tertiary/aromatic N) is 3. The van der Waals surface area contributed by atoms with Crippen LogP contribution in [0, 0.1) is 5.92 Å². The van der Waals surface area contributed by atoms with E-state index in [-0.39, 0.29) is 5.75 Å². The average Bonchev–Trinajstić information content (AvgIpc) is 3.20. The van der Waals surface area contributed by atoms with Gasteiger partial charge in [-0.3, -0.25) is 9.78 Å². The third kappa shape index (κ3) is 5.16. The maximum absolute atomic E-state index is 12.8. The van der Waals surface area contributed by atoms with Gasteiger partial charge in [-0.15, -0.1) is 13.2 Å². The zero-order chi connectivity index (χ0) is 22.7. The van der Waals surface area contributed by atoms with E-state index in [0.717, 1.165) is 43.0 Å². The Balaban J connectivity index is 1.57. The van der Waals surface area contributed by atoms with Crippen molar-refractivity contribution in [1.29, 1.82) is 0 Å². The van der Waals surface area contributed by atoms with E-state index < -0.39 is 12.3 Å². The van der Waals surface area contributed by atoms with E-state index in [1.807, 2.05) is 18.2 Å². The molecule has 0 radical (unpaired) electrons. The number of ether oxygens (including phenoxy) is 1.